The Balaban J connectivity index is 1.14. The first-order valence-electron chi connectivity index (χ1n) is 17.9. The molecule has 2 heterocycles. The Kier molecular flexibility index (Phi) is 5.90. The number of rotatable bonds is 2. The number of hydrogen-bond acceptors (Lipinski definition) is 2. The third-order valence-corrected chi connectivity index (χ3v) is 13.8. The first-order valence-corrected chi connectivity index (χ1v) is 19.5. The Labute approximate surface area is 307 Å². The molecule has 240 valence electrons. The molecule has 0 fully saturated rings. The van der Waals surface area contributed by atoms with Gasteiger partial charge in [-0.25, -0.2) is 0 Å². The lowest BCUT2D eigenvalue weighted by molar-refractivity contribution is 1.69. The summed E-state index contributed by atoms with van der Waals surface area (Å²) in [6.07, 6.45) is 0. The van der Waals surface area contributed by atoms with Gasteiger partial charge in [-0.05, 0) is 54.2 Å². The molecule has 0 aliphatic carbocycles. The van der Waals surface area contributed by atoms with Crippen molar-refractivity contribution < 1.29 is 0 Å². The van der Waals surface area contributed by atoms with E-state index in [-0.39, 0.29) is 0 Å². The fraction of sp³-hybridized carbons (Fsp3) is 0. The summed E-state index contributed by atoms with van der Waals surface area (Å²) < 4.78 is 5.44. The minimum Gasteiger partial charge on any atom is -0.134 e. The lowest BCUT2D eigenvalue weighted by Crippen LogP contribution is -1.87. The van der Waals surface area contributed by atoms with Crippen molar-refractivity contribution in [3.63, 3.8) is 0 Å². The zero-order valence-corrected chi connectivity index (χ0v) is 29.6. The first kappa shape index (κ1) is 28.6. The molecule has 0 nitrogen and oxygen atoms in total. The van der Waals surface area contributed by atoms with Gasteiger partial charge in [-0.2, -0.15) is 0 Å². The highest BCUT2D eigenvalue weighted by Crippen LogP contribution is 2.50. The van der Waals surface area contributed by atoms with Crippen molar-refractivity contribution in [3.8, 4) is 22.3 Å². The van der Waals surface area contributed by atoms with Crippen molar-refractivity contribution in [2.24, 2.45) is 0 Å². The predicted octanol–water partition coefficient (Wildman–Crippen LogP) is 15.5. The van der Waals surface area contributed by atoms with E-state index in [4.69, 9.17) is 0 Å². The van der Waals surface area contributed by atoms with Crippen LogP contribution < -0.4 is 0 Å². The lowest BCUT2D eigenvalue weighted by atomic mass is 9.90. The second-order valence-electron chi connectivity index (χ2n) is 13.9. The second-order valence-corrected chi connectivity index (χ2v) is 15.9. The summed E-state index contributed by atoms with van der Waals surface area (Å²) in [6.45, 7) is 0. The molecule has 0 aliphatic rings. The van der Waals surface area contributed by atoms with E-state index in [2.05, 4.69) is 170 Å². The molecule has 0 aliphatic heterocycles. The Morgan fingerprint density at radius 1 is 0.192 bits per heavy atom. The molecule has 0 bridgehead atoms. The molecule has 0 amide bonds. The number of benzene rings is 10. The largest absolute Gasteiger partial charge is 0.134 e. The molecule has 0 spiro atoms. The van der Waals surface area contributed by atoms with Gasteiger partial charge in [0.05, 0.1) is 0 Å². The Hall–Kier alpha value is -6.06. The van der Waals surface area contributed by atoms with Crippen molar-refractivity contribution in [1.29, 1.82) is 0 Å². The summed E-state index contributed by atoms with van der Waals surface area (Å²) in [6, 6.07) is 63.2. The van der Waals surface area contributed by atoms with Gasteiger partial charge < -0.3 is 0 Å². The molecule has 12 rings (SSSR count). The van der Waals surface area contributed by atoms with Gasteiger partial charge in [-0.3, -0.25) is 0 Å². The van der Waals surface area contributed by atoms with E-state index >= 15 is 0 Å². The maximum Gasteiger partial charge on any atom is 0.0440 e. The van der Waals surface area contributed by atoms with Crippen LogP contribution in [0.25, 0.3) is 116 Å². The molecule has 2 aromatic heterocycles. The third-order valence-electron chi connectivity index (χ3n) is 11.3. The highest BCUT2D eigenvalue weighted by atomic mass is 32.1. The second kappa shape index (κ2) is 10.7. The summed E-state index contributed by atoms with van der Waals surface area (Å²) in [4.78, 5) is 0. The smallest absolute Gasteiger partial charge is 0.0440 e. The molecule has 0 saturated carbocycles. The molecule has 0 saturated heterocycles. The monoisotopic (exact) mass is 692 g/mol. The Morgan fingerprint density at radius 3 is 0.904 bits per heavy atom. The van der Waals surface area contributed by atoms with Crippen LogP contribution in [0.3, 0.4) is 0 Å². The molecule has 0 atom stereocenters. The summed E-state index contributed by atoms with van der Waals surface area (Å²) in [5.41, 5.74) is 5.16. The Bertz CT molecular complexity index is 3240. The van der Waals surface area contributed by atoms with E-state index in [1.165, 1.54) is 116 Å². The van der Waals surface area contributed by atoms with Crippen LogP contribution in [0.4, 0.5) is 0 Å². The van der Waals surface area contributed by atoms with Crippen LogP contribution in [0.2, 0.25) is 0 Å². The third kappa shape index (κ3) is 3.80. The maximum absolute atomic E-state index is 2.38. The first-order chi connectivity index (χ1) is 25.8. The zero-order chi connectivity index (χ0) is 33.9. The average molecular weight is 693 g/mol. The van der Waals surface area contributed by atoms with Gasteiger partial charge in [-0.15, -0.1) is 22.7 Å². The predicted molar refractivity (Wildman–Crippen MR) is 231 cm³/mol. The summed E-state index contributed by atoms with van der Waals surface area (Å²) >= 11 is 3.89. The van der Waals surface area contributed by atoms with E-state index in [0.717, 1.165) is 0 Å². The molecular formula is C50H28S2. The van der Waals surface area contributed by atoms with E-state index in [1.54, 1.807) is 0 Å². The van der Waals surface area contributed by atoms with E-state index in [0.29, 0.717) is 0 Å². The fourth-order valence-electron chi connectivity index (χ4n) is 9.05. The minimum atomic E-state index is 1.28. The van der Waals surface area contributed by atoms with Crippen molar-refractivity contribution in [3.05, 3.63) is 170 Å². The molecule has 2 heteroatoms. The van der Waals surface area contributed by atoms with Crippen molar-refractivity contribution in [2.75, 3.05) is 0 Å². The molecule has 10 aromatic carbocycles. The highest BCUT2D eigenvalue weighted by molar-refractivity contribution is 7.28. The van der Waals surface area contributed by atoms with Crippen molar-refractivity contribution in [1.82, 2.24) is 0 Å². The van der Waals surface area contributed by atoms with E-state index in [1.807, 2.05) is 22.7 Å². The van der Waals surface area contributed by atoms with Crippen molar-refractivity contribution in [2.45, 2.75) is 0 Å². The van der Waals surface area contributed by atoms with Crippen LogP contribution >= 0.6 is 22.7 Å². The average Bonchev–Trinajstić information content (AvgIpc) is 3.81. The van der Waals surface area contributed by atoms with Gasteiger partial charge in [0, 0.05) is 62.2 Å². The van der Waals surface area contributed by atoms with Gasteiger partial charge in [-0.1, -0.05) is 170 Å². The summed E-state index contributed by atoms with van der Waals surface area (Å²) in [7, 11) is 0. The molecule has 12 aromatic rings. The van der Waals surface area contributed by atoms with Gasteiger partial charge in [0.2, 0.25) is 0 Å². The normalized spacial score (nSPS) is 12.2. The number of hydrogen-bond donors (Lipinski definition) is 0. The molecule has 0 unspecified atom stereocenters. The number of fused-ring (bicyclic) bond motifs is 17. The van der Waals surface area contributed by atoms with E-state index in [9.17, 15) is 0 Å². The zero-order valence-electron chi connectivity index (χ0n) is 28.0. The number of thiophene rings is 2. The van der Waals surface area contributed by atoms with Crippen LogP contribution in [0.5, 0.6) is 0 Å². The van der Waals surface area contributed by atoms with Gasteiger partial charge in [0.15, 0.2) is 0 Å². The molecule has 0 N–H and O–H groups in total. The van der Waals surface area contributed by atoms with Gasteiger partial charge in [0.1, 0.15) is 0 Å². The van der Waals surface area contributed by atoms with Crippen molar-refractivity contribution >= 4 is 117 Å². The molecule has 0 radical (unpaired) electrons. The van der Waals surface area contributed by atoms with Gasteiger partial charge in [0.25, 0.3) is 0 Å². The topological polar surface area (TPSA) is 0 Å². The van der Waals surface area contributed by atoms with Crippen LogP contribution in [-0.4, -0.2) is 0 Å². The van der Waals surface area contributed by atoms with Crippen LogP contribution in [-0.2, 0) is 0 Å². The molecular weight excluding hydrogens is 665 g/mol. The quantitative estimate of drug-likeness (QED) is 0.158. The fourth-order valence-corrected chi connectivity index (χ4v) is 11.8. The van der Waals surface area contributed by atoms with Gasteiger partial charge >= 0.3 is 0 Å². The standard InChI is InChI=1S/C50H28S2/c1-2-14-30-29(13-1)35(39-23-11-25-43-45-37-19-7-3-15-31(37)33-17-5-9-21-41(33)49(45)51-47(39)43)27-28-36(30)40-24-12-26-44-46-38-20-8-4-16-32(38)34-18-6-10-22-42(34)50(46)52-48(40)44/h1-28H. The lowest BCUT2D eigenvalue weighted by Gasteiger charge is -2.13. The summed E-state index contributed by atoms with van der Waals surface area (Å²) in [5, 5.41) is 18.6. The van der Waals surface area contributed by atoms with E-state index < -0.39 is 0 Å². The highest BCUT2D eigenvalue weighted by Gasteiger charge is 2.20. The van der Waals surface area contributed by atoms with Crippen LogP contribution in [0.1, 0.15) is 0 Å². The SMILES string of the molecule is c1ccc2c(-c3cccc4c3sc3c5ccccc5c5ccccc5c43)ccc(-c3cccc4c3sc3c5ccccc5c5ccccc5c43)c2c1. The minimum absolute atomic E-state index is 1.28. The Morgan fingerprint density at radius 2 is 0.500 bits per heavy atom. The molecule has 52 heavy (non-hydrogen) atoms. The maximum atomic E-state index is 2.38. The summed E-state index contributed by atoms with van der Waals surface area (Å²) in [5.74, 6) is 0. The van der Waals surface area contributed by atoms with Crippen LogP contribution in [0.15, 0.2) is 170 Å². The van der Waals surface area contributed by atoms with Crippen LogP contribution in [0, 0.1) is 0 Å².